The predicted molar refractivity (Wildman–Crippen MR) is 39.6 cm³/mol. The molecule has 0 aromatic rings. The SMILES string of the molecule is CCCN(C)CSN. The summed E-state index contributed by atoms with van der Waals surface area (Å²) in [6.07, 6.45) is 1.21. The Bertz CT molecular complexity index is 43.7. The second-order valence-corrected chi connectivity index (χ2v) is 2.47. The summed E-state index contributed by atoms with van der Waals surface area (Å²) in [5.74, 6) is 0.938. The summed E-state index contributed by atoms with van der Waals surface area (Å²) >= 11 is 1.38. The summed E-state index contributed by atoms with van der Waals surface area (Å²) in [5.41, 5.74) is 0. The first-order valence-corrected chi connectivity index (χ1v) is 3.86. The molecular formula is C5H14N2S. The van der Waals surface area contributed by atoms with E-state index in [4.69, 9.17) is 5.14 Å². The Morgan fingerprint density at radius 1 is 1.62 bits per heavy atom. The molecule has 0 radical (unpaired) electrons. The van der Waals surface area contributed by atoms with Crippen molar-refractivity contribution >= 4 is 11.9 Å². The molecule has 3 heteroatoms. The maximum absolute atomic E-state index is 5.23. The van der Waals surface area contributed by atoms with Crippen LogP contribution in [-0.4, -0.2) is 24.4 Å². The fourth-order valence-electron chi connectivity index (χ4n) is 0.574. The molecule has 0 saturated carbocycles. The van der Waals surface area contributed by atoms with Crippen LogP contribution in [0.2, 0.25) is 0 Å². The van der Waals surface area contributed by atoms with Crippen molar-refractivity contribution in [1.29, 1.82) is 0 Å². The third kappa shape index (κ3) is 4.43. The van der Waals surface area contributed by atoms with E-state index in [1.807, 2.05) is 0 Å². The Morgan fingerprint density at radius 3 is 2.62 bits per heavy atom. The maximum atomic E-state index is 5.23. The lowest BCUT2D eigenvalue weighted by atomic mass is 10.5. The van der Waals surface area contributed by atoms with E-state index in [0.29, 0.717) is 0 Å². The van der Waals surface area contributed by atoms with E-state index in [1.165, 1.54) is 18.4 Å². The van der Waals surface area contributed by atoms with Gasteiger partial charge in [-0.25, -0.2) is 0 Å². The van der Waals surface area contributed by atoms with Crippen LogP contribution in [0, 0.1) is 0 Å². The molecule has 0 aliphatic heterocycles. The molecule has 50 valence electrons. The number of rotatable bonds is 4. The fraction of sp³-hybridized carbons (Fsp3) is 1.00. The Balaban J connectivity index is 2.92. The van der Waals surface area contributed by atoms with Crippen molar-refractivity contribution in [2.75, 3.05) is 19.5 Å². The van der Waals surface area contributed by atoms with Crippen LogP contribution < -0.4 is 5.14 Å². The first kappa shape index (κ1) is 8.27. The summed E-state index contributed by atoms with van der Waals surface area (Å²) in [5, 5.41) is 5.23. The Labute approximate surface area is 55.6 Å². The highest BCUT2D eigenvalue weighted by atomic mass is 32.2. The van der Waals surface area contributed by atoms with Crippen molar-refractivity contribution in [1.82, 2.24) is 4.90 Å². The average Bonchev–Trinajstić information content (AvgIpc) is 1.68. The van der Waals surface area contributed by atoms with E-state index in [2.05, 4.69) is 18.9 Å². The van der Waals surface area contributed by atoms with Crippen molar-refractivity contribution in [3.8, 4) is 0 Å². The average molecular weight is 134 g/mol. The van der Waals surface area contributed by atoms with Crippen LogP contribution in [-0.2, 0) is 0 Å². The molecule has 0 fully saturated rings. The molecule has 0 amide bonds. The van der Waals surface area contributed by atoms with Gasteiger partial charge in [-0.3, -0.25) is 10.0 Å². The smallest absolute Gasteiger partial charge is 0.0586 e. The Hall–Kier alpha value is 0.270. The van der Waals surface area contributed by atoms with Gasteiger partial charge in [-0.2, -0.15) is 0 Å². The minimum atomic E-state index is 0.938. The molecule has 2 N–H and O–H groups in total. The largest absolute Gasteiger partial charge is 0.296 e. The molecule has 0 aromatic carbocycles. The zero-order valence-corrected chi connectivity index (χ0v) is 6.37. The van der Waals surface area contributed by atoms with Gasteiger partial charge in [0.15, 0.2) is 0 Å². The third-order valence-electron chi connectivity index (χ3n) is 0.900. The van der Waals surface area contributed by atoms with Crippen molar-refractivity contribution in [3.05, 3.63) is 0 Å². The topological polar surface area (TPSA) is 29.3 Å². The van der Waals surface area contributed by atoms with Gasteiger partial charge in [-0.15, -0.1) is 0 Å². The van der Waals surface area contributed by atoms with Gasteiger partial charge in [0.2, 0.25) is 0 Å². The predicted octanol–water partition coefficient (Wildman–Crippen LogP) is 0.893. The standard InChI is InChI=1S/C5H14N2S/c1-3-4-7(2)5-8-6/h3-6H2,1-2H3. The second kappa shape index (κ2) is 5.41. The monoisotopic (exact) mass is 134 g/mol. The lowest BCUT2D eigenvalue weighted by Gasteiger charge is -2.11. The van der Waals surface area contributed by atoms with Gasteiger partial charge < -0.3 is 0 Å². The number of nitrogens with two attached hydrogens (primary N) is 1. The van der Waals surface area contributed by atoms with E-state index in [1.54, 1.807) is 0 Å². The van der Waals surface area contributed by atoms with E-state index in [0.717, 1.165) is 12.4 Å². The molecule has 0 aliphatic rings. The van der Waals surface area contributed by atoms with Gasteiger partial charge in [0, 0.05) is 0 Å². The van der Waals surface area contributed by atoms with Crippen LogP contribution in [0.1, 0.15) is 13.3 Å². The highest BCUT2D eigenvalue weighted by molar-refractivity contribution is 7.97. The van der Waals surface area contributed by atoms with Gasteiger partial charge in [-0.05, 0) is 20.0 Å². The molecule has 0 spiro atoms. The minimum Gasteiger partial charge on any atom is -0.296 e. The molecule has 0 bridgehead atoms. The molecule has 0 aromatic heterocycles. The first-order valence-electron chi connectivity index (χ1n) is 2.81. The zero-order valence-electron chi connectivity index (χ0n) is 5.55. The molecule has 0 heterocycles. The lowest BCUT2D eigenvalue weighted by Crippen LogP contribution is -2.19. The summed E-state index contributed by atoms with van der Waals surface area (Å²) in [4.78, 5) is 2.20. The molecule has 0 atom stereocenters. The summed E-state index contributed by atoms with van der Waals surface area (Å²) in [7, 11) is 2.07. The van der Waals surface area contributed by atoms with Crippen LogP contribution in [0.15, 0.2) is 0 Å². The van der Waals surface area contributed by atoms with Crippen LogP contribution in [0.3, 0.4) is 0 Å². The number of hydrogen-bond acceptors (Lipinski definition) is 3. The van der Waals surface area contributed by atoms with Crippen molar-refractivity contribution in [3.63, 3.8) is 0 Å². The fourth-order valence-corrected chi connectivity index (χ4v) is 0.957. The van der Waals surface area contributed by atoms with E-state index in [9.17, 15) is 0 Å². The highest BCUT2D eigenvalue weighted by Gasteiger charge is 1.91. The lowest BCUT2D eigenvalue weighted by molar-refractivity contribution is 0.393. The van der Waals surface area contributed by atoms with Gasteiger partial charge >= 0.3 is 0 Å². The van der Waals surface area contributed by atoms with E-state index < -0.39 is 0 Å². The molecule has 2 nitrogen and oxygen atoms in total. The van der Waals surface area contributed by atoms with Crippen LogP contribution >= 0.6 is 11.9 Å². The van der Waals surface area contributed by atoms with Crippen LogP contribution in [0.25, 0.3) is 0 Å². The van der Waals surface area contributed by atoms with Crippen LogP contribution in [0.4, 0.5) is 0 Å². The molecule has 0 aliphatic carbocycles. The van der Waals surface area contributed by atoms with Gasteiger partial charge in [0.05, 0.1) is 5.88 Å². The van der Waals surface area contributed by atoms with Crippen molar-refractivity contribution in [2.45, 2.75) is 13.3 Å². The van der Waals surface area contributed by atoms with Crippen molar-refractivity contribution < 1.29 is 0 Å². The third-order valence-corrected chi connectivity index (χ3v) is 1.49. The van der Waals surface area contributed by atoms with Gasteiger partial charge in [0.1, 0.15) is 0 Å². The zero-order chi connectivity index (χ0) is 6.41. The maximum Gasteiger partial charge on any atom is 0.0586 e. The molecule has 0 saturated heterocycles. The van der Waals surface area contributed by atoms with Crippen molar-refractivity contribution in [2.24, 2.45) is 5.14 Å². The molecule has 0 rings (SSSR count). The Kier molecular flexibility index (Phi) is 5.59. The Morgan fingerprint density at radius 2 is 2.25 bits per heavy atom. The summed E-state index contributed by atoms with van der Waals surface area (Å²) in [6.45, 7) is 3.31. The quantitative estimate of drug-likeness (QED) is 0.457. The van der Waals surface area contributed by atoms with Gasteiger partial charge in [-0.1, -0.05) is 18.9 Å². The molecule has 8 heavy (non-hydrogen) atoms. The van der Waals surface area contributed by atoms with E-state index >= 15 is 0 Å². The first-order chi connectivity index (χ1) is 3.81. The van der Waals surface area contributed by atoms with Crippen LogP contribution in [0.5, 0.6) is 0 Å². The minimum absolute atomic E-state index is 0.938. The highest BCUT2D eigenvalue weighted by Crippen LogP contribution is 1.91. The summed E-state index contributed by atoms with van der Waals surface area (Å²) < 4.78 is 0. The molecule has 0 unspecified atom stereocenters. The molecular weight excluding hydrogens is 120 g/mol. The summed E-state index contributed by atoms with van der Waals surface area (Å²) in [6, 6.07) is 0. The normalized spacial score (nSPS) is 10.5. The number of hydrogen-bond donors (Lipinski definition) is 1. The number of nitrogens with zero attached hydrogens (tertiary/aromatic N) is 1. The van der Waals surface area contributed by atoms with E-state index in [-0.39, 0.29) is 0 Å². The second-order valence-electron chi connectivity index (χ2n) is 1.88. The van der Waals surface area contributed by atoms with Gasteiger partial charge in [0.25, 0.3) is 0 Å².